The quantitative estimate of drug-likeness (QED) is 0.601. The molecule has 4 rings (SSSR count). The van der Waals surface area contributed by atoms with Crippen LogP contribution in [-0.4, -0.2) is 44.1 Å². The molecule has 164 valence electrons. The van der Waals surface area contributed by atoms with Gasteiger partial charge in [-0.2, -0.15) is 0 Å². The van der Waals surface area contributed by atoms with Crippen molar-refractivity contribution < 1.29 is 28.5 Å². The number of methoxy groups -OCH3 is 1. The summed E-state index contributed by atoms with van der Waals surface area (Å²) in [6, 6.07) is 20.1. The molecule has 2 heterocycles. The maximum absolute atomic E-state index is 11.9. The van der Waals surface area contributed by atoms with Crippen LogP contribution >= 0.6 is 0 Å². The second kappa shape index (κ2) is 10.6. The van der Waals surface area contributed by atoms with Crippen molar-refractivity contribution in [3.8, 4) is 0 Å². The summed E-state index contributed by atoms with van der Waals surface area (Å²) in [5.74, 6) is -0.221. The minimum Gasteiger partial charge on any atom is -0.481 e. The smallest absolute Gasteiger partial charge is 0.372 e. The third-order valence-corrected chi connectivity index (χ3v) is 5.54. The zero-order valence-corrected chi connectivity index (χ0v) is 17.6. The lowest BCUT2D eigenvalue weighted by Gasteiger charge is -2.42. The van der Waals surface area contributed by atoms with Crippen molar-refractivity contribution >= 4 is 5.97 Å². The zero-order chi connectivity index (χ0) is 21.5. The summed E-state index contributed by atoms with van der Waals surface area (Å²) < 4.78 is 29.2. The molecule has 2 aromatic rings. The predicted molar refractivity (Wildman–Crippen MR) is 114 cm³/mol. The van der Waals surface area contributed by atoms with Gasteiger partial charge in [0.05, 0.1) is 39.1 Å². The molecule has 6 heteroatoms. The average Bonchev–Trinajstić information content (AvgIpc) is 2.83. The van der Waals surface area contributed by atoms with Gasteiger partial charge in [0.25, 0.3) is 0 Å². The van der Waals surface area contributed by atoms with Gasteiger partial charge >= 0.3 is 5.97 Å². The molecule has 0 aromatic heterocycles. The number of hydrogen-bond donors (Lipinski definition) is 0. The fourth-order valence-corrected chi connectivity index (χ4v) is 3.90. The molecule has 31 heavy (non-hydrogen) atoms. The maximum atomic E-state index is 11.9. The number of ether oxygens (including phenoxy) is 5. The molecule has 0 unspecified atom stereocenters. The Balaban J connectivity index is 1.40. The Kier molecular flexibility index (Phi) is 7.35. The summed E-state index contributed by atoms with van der Waals surface area (Å²) in [4.78, 5) is 11.9. The molecule has 4 atom stereocenters. The van der Waals surface area contributed by atoms with Gasteiger partial charge in [0.2, 0.25) is 5.76 Å². The van der Waals surface area contributed by atoms with Gasteiger partial charge < -0.3 is 23.7 Å². The minimum atomic E-state index is -0.464. The lowest BCUT2D eigenvalue weighted by Crippen LogP contribution is -2.52. The first kappa shape index (κ1) is 21.6. The van der Waals surface area contributed by atoms with Crippen LogP contribution in [0.2, 0.25) is 0 Å². The van der Waals surface area contributed by atoms with Crippen LogP contribution in [0.1, 0.15) is 24.0 Å². The van der Waals surface area contributed by atoms with Crippen LogP contribution in [0, 0.1) is 0 Å². The van der Waals surface area contributed by atoms with E-state index in [1.165, 1.54) is 7.11 Å². The van der Waals surface area contributed by atoms with E-state index in [2.05, 4.69) is 0 Å². The number of benzene rings is 2. The largest absolute Gasteiger partial charge is 0.481 e. The molecule has 0 radical (unpaired) electrons. The first-order valence-corrected chi connectivity index (χ1v) is 10.6. The first-order valence-electron chi connectivity index (χ1n) is 10.6. The van der Waals surface area contributed by atoms with E-state index in [-0.39, 0.29) is 30.2 Å². The highest BCUT2D eigenvalue weighted by molar-refractivity contribution is 5.86. The maximum Gasteiger partial charge on any atom is 0.372 e. The van der Waals surface area contributed by atoms with Gasteiger partial charge in [-0.05, 0) is 23.6 Å². The lowest BCUT2D eigenvalue weighted by atomic mass is 9.94. The molecule has 2 aliphatic rings. The summed E-state index contributed by atoms with van der Waals surface area (Å²) in [5, 5.41) is 0. The Bertz CT molecular complexity index is 866. The van der Waals surface area contributed by atoms with Crippen molar-refractivity contribution in [2.45, 2.75) is 50.5 Å². The Morgan fingerprint density at radius 3 is 2.32 bits per heavy atom. The summed E-state index contributed by atoms with van der Waals surface area (Å²) in [7, 11) is 1.35. The Hall–Kier alpha value is -2.67. The number of carbonyl (C=O) groups is 1. The summed E-state index contributed by atoms with van der Waals surface area (Å²) >= 11 is 0. The van der Waals surface area contributed by atoms with Crippen molar-refractivity contribution in [2.24, 2.45) is 0 Å². The normalized spacial score (nSPS) is 25.1. The second-order valence-corrected chi connectivity index (χ2v) is 7.74. The molecule has 0 amide bonds. The molecule has 1 fully saturated rings. The molecule has 2 aromatic carbocycles. The summed E-state index contributed by atoms with van der Waals surface area (Å²) in [6.45, 7) is 1.41. The zero-order valence-electron chi connectivity index (χ0n) is 17.6. The third-order valence-electron chi connectivity index (χ3n) is 5.54. The van der Waals surface area contributed by atoms with Crippen LogP contribution in [0.5, 0.6) is 0 Å². The monoisotopic (exact) mass is 424 g/mol. The summed E-state index contributed by atoms with van der Waals surface area (Å²) in [5.41, 5.74) is 2.21. The van der Waals surface area contributed by atoms with Crippen molar-refractivity contribution in [3.63, 3.8) is 0 Å². The van der Waals surface area contributed by atoms with Crippen molar-refractivity contribution in [2.75, 3.05) is 13.7 Å². The fraction of sp³-hybridized carbons (Fsp3) is 0.400. The highest BCUT2D eigenvalue weighted by Gasteiger charge is 2.42. The molecule has 0 N–H and O–H groups in total. The summed E-state index contributed by atoms with van der Waals surface area (Å²) in [6.07, 6.45) is 2.11. The minimum absolute atomic E-state index is 0.143. The number of carbonyl (C=O) groups excluding carboxylic acids is 1. The fourth-order valence-electron chi connectivity index (χ4n) is 3.90. The van der Waals surface area contributed by atoms with E-state index >= 15 is 0 Å². The number of esters is 1. The Labute approximate surface area is 182 Å². The van der Waals surface area contributed by atoms with Gasteiger partial charge in [-0.15, -0.1) is 0 Å². The SMILES string of the molecule is COC(=O)C1=CC[C@@H]2O[C@H](COCc3ccccc3)[C@@H](OCc3ccccc3)C[C@H]2O1. The third kappa shape index (κ3) is 5.73. The molecule has 0 bridgehead atoms. The predicted octanol–water partition coefficient (Wildman–Crippen LogP) is 3.79. The van der Waals surface area contributed by atoms with Crippen molar-refractivity contribution in [1.29, 1.82) is 0 Å². The molecule has 2 aliphatic heterocycles. The van der Waals surface area contributed by atoms with Gasteiger partial charge in [-0.3, -0.25) is 0 Å². The van der Waals surface area contributed by atoms with Crippen LogP contribution in [0.3, 0.4) is 0 Å². The van der Waals surface area contributed by atoms with Gasteiger partial charge in [-0.1, -0.05) is 60.7 Å². The number of rotatable bonds is 8. The molecule has 6 nitrogen and oxygen atoms in total. The van der Waals surface area contributed by atoms with E-state index in [4.69, 9.17) is 23.7 Å². The van der Waals surface area contributed by atoms with Gasteiger partial charge in [-0.25, -0.2) is 4.79 Å². The van der Waals surface area contributed by atoms with Crippen LogP contribution in [0.25, 0.3) is 0 Å². The standard InChI is InChI=1S/C25H28O6/c1-27-25(26)21-13-12-20-23(31-21)14-22(29-16-19-10-6-3-7-11-19)24(30-20)17-28-15-18-8-4-2-5-9-18/h2-11,13,20,22-24H,12,14-17H2,1H3/t20-,22-,23+,24+/m0/s1. The molecule has 0 aliphatic carbocycles. The topological polar surface area (TPSA) is 63.2 Å². The Morgan fingerprint density at radius 1 is 0.968 bits per heavy atom. The first-order chi connectivity index (χ1) is 15.2. The van der Waals surface area contributed by atoms with Crippen molar-refractivity contribution in [1.82, 2.24) is 0 Å². The van der Waals surface area contributed by atoms with Crippen LogP contribution in [-0.2, 0) is 41.7 Å². The Morgan fingerprint density at radius 2 is 1.65 bits per heavy atom. The highest BCUT2D eigenvalue weighted by Crippen LogP contribution is 2.32. The molecular formula is C25H28O6. The van der Waals surface area contributed by atoms with Crippen molar-refractivity contribution in [3.05, 3.63) is 83.6 Å². The lowest BCUT2D eigenvalue weighted by molar-refractivity contribution is -0.210. The van der Waals surface area contributed by atoms with E-state index in [9.17, 15) is 4.79 Å². The van der Waals surface area contributed by atoms with Crippen LogP contribution in [0.4, 0.5) is 0 Å². The molecule has 1 saturated heterocycles. The van der Waals surface area contributed by atoms with Gasteiger partial charge in [0, 0.05) is 6.42 Å². The van der Waals surface area contributed by atoms with E-state index in [0.29, 0.717) is 32.7 Å². The van der Waals surface area contributed by atoms with Crippen LogP contribution in [0.15, 0.2) is 72.5 Å². The van der Waals surface area contributed by atoms with Gasteiger partial charge in [0.1, 0.15) is 12.2 Å². The highest BCUT2D eigenvalue weighted by atomic mass is 16.6. The molecule has 0 saturated carbocycles. The van der Waals surface area contributed by atoms with E-state index in [1.54, 1.807) is 6.08 Å². The van der Waals surface area contributed by atoms with E-state index in [1.807, 2.05) is 60.7 Å². The second-order valence-electron chi connectivity index (χ2n) is 7.74. The number of hydrogen-bond acceptors (Lipinski definition) is 6. The molecular weight excluding hydrogens is 396 g/mol. The van der Waals surface area contributed by atoms with E-state index < -0.39 is 5.97 Å². The number of fused-ring (bicyclic) bond motifs is 1. The van der Waals surface area contributed by atoms with E-state index in [0.717, 1.165) is 11.1 Å². The van der Waals surface area contributed by atoms with Gasteiger partial charge in [0.15, 0.2) is 0 Å². The average molecular weight is 424 g/mol. The molecule has 0 spiro atoms. The van der Waals surface area contributed by atoms with Crippen LogP contribution < -0.4 is 0 Å².